The smallest absolute Gasteiger partial charge is 0.124 e. The van der Waals surface area contributed by atoms with Gasteiger partial charge >= 0.3 is 0 Å². The number of hydrogen-bond acceptors (Lipinski definition) is 2. The van der Waals surface area contributed by atoms with Crippen molar-refractivity contribution in [2.45, 2.75) is 32.2 Å². The maximum Gasteiger partial charge on any atom is 0.124 e. The minimum Gasteiger partial charge on any atom is -0.327 e. The monoisotopic (exact) mass is 325 g/mol. The topological polar surface area (TPSA) is 21.1 Å². The lowest BCUT2D eigenvalue weighted by molar-refractivity contribution is 0.181. The third-order valence-electron chi connectivity index (χ3n) is 4.50. The summed E-state index contributed by atoms with van der Waals surface area (Å²) in [5, 5.41) is 0.755. The Morgan fingerprint density at radius 2 is 2.05 bits per heavy atom. The number of aromatic nitrogens is 2. The molecule has 2 aromatic rings. The van der Waals surface area contributed by atoms with Gasteiger partial charge in [0.1, 0.15) is 5.82 Å². The largest absolute Gasteiger partial charge is 0.327 e. The highest BCUT2D eigenvalue weighted by molar-refractivity contribution is 6.31. The van der Waals surface area contributed by atoms with Crippen LogP contribution in [0.25, 0.3) is 11.0 Å². The SMILES string of the molecule is CCN1CCC(Cn2c(CCl)nc3ccc(Cl)cc32)CC1. The molecule has 3 nitrogen and oxygen atoms in total. The molecule has 1 aliphatic rings. The molecule has 0 atom stereocenters. The number of halogens is 2. The van der Waals surface area contributed by atoms with Gasteiger partial charge in [0.05, 0.1) is 16.9 Å². The second-order valence-electron chi connectivity index (χ2n) is 5.78. The summed E-state index contributed by atoms with van der Waals surface area (Å²) >= 11 is 12.2. The van der Waals surface area contributed by atoms with E-state index in [0.717, 1.165) is 35.0 Å². The van der Waals surface area contributed by atoms with E-state index >= 15 is 0 Å². The molecule has 3 rings (SSSR count). The highest BCUT2D eigenvalue weighted by atomic mass is 35.5. The Kier molecular flexibility index (Phi) is 4.72. The van der Waals surface area contributed by atoms with Crippen molar-refractivity contribution >= 4 is 34.2 Å². The van der Waals surface area contributed by atoms with Gasteiger partial charge in [-0.05, 0) is 56.6 Å². The zero-order valence-electron chi connectivity index (χ0n) is 12.4. The summed E-state index contributed by atoms with van der Waals surface area (Å²) in [4.78, 5) is 7.15. The molecule has 0 unspecified atom stereocenters. The van der Waals surface area contributed by atoms with Crippen LogP contribution in [0.3, 0.4) is 0 Å². The first-order valence-corrected chi connectivity index (χ1v) is 8.55. The molecule has 0 saturated carbocycles. The van der Waals surface area contributed by atoms with Crippen LogP contribution in [0.15, 0.2) is 18.2 Å². The van der Waals surface area contributed by atoms with Crippen molar-refractivity contribution in [3.8, 4) is 0 Å². The first-order valence-electron chi connectivity index (χ1n) is 7.64. The minimum absolute atomic E-state index is 0.445. The molecule has 1 aromatic heterocycles. The summed E-state index contributed by atoms with van der Waals surface area (Å²) in [7, 11) is 0. The van der Waals surface area contributed by atoms with Gasteiger partial charge in [-0.25, -0.2) is 4.98 Å². The molecule has 1 aliphatic heterocycles. The fourth-order valence-corrected chi connectivity index (χ4v) is 3.57. The van der Waals surface area contributed by atoms with Crippen molar-refractivity contribution < 1.29 is 0 Å². The highest BCUT2D eigenvalue weighted by Gasteiger charge is 2.20. The molecule has 1 saturated heterocycles. The van der Waals surface area contributed by atoms with Gasteiger partial charge in [0.2, 0.25) is 0 Å². The number of benzene rings is 1. The average Bonchev–Trinajstić information content (AvgIpc) is 2.85. The zero-order chi connectivity index (χ0) is 14.8. The fraction of sp³-hybridized carbons (Fsp3) is 0.562. The van der Waals surface area contributed by atoms with Crippen LogP contribution in [0, 0.1) is 5.92 Å². The van der Waals surface area contributed by atoms with Crippen LogP contribution in [-0.4, -0.2) is 34.1 Å². The lowest BCUT2D eigenvalue weighted by Crippen LogP contribution is -2.34. The minimum atomic E-state index is 0.445. The molecule has 0 spiro atoms. The molecular formula is C16H21Cl2N3. The Morgan fingerprint density at radius 1 is 1.29 bits per heavy atom. The number of imidazole rings is 1. The van der Waals surface area contributed by atoms with Crippen molar-refractivity contribution in [1.29, 1.82) is 0 Å². The summed E-state index contributed by atoms with van der Waals surface area (Å²) in [6.07, 6.45) is 2.49. The Balaban J connectivity index is 1.84. The molecule has 0 amide bonds. The molecule has 21 heavy (non-hydrogen) atoms. The van der Waals surface area contributed by atoms with Gasteiger partial charge in [-0.2, -0.15) is 0 Å². The van der Waals surface area contributed by atoms with E-state index in [9.17, 15) is 0 Å². The van der Waals surface area contributed by atoms with Gasteiger partial charge in [-0.3, -0.25) is 0 Å². The predicted molar refractivity (Wildman–Crippen MR) is 89.1 cm³/mol. The van der Waals surface area contributed by atoms with Crippen molar-refractivity contribution in [2.24, 2.45) is 5.92 Å². The summed E-state index contributed by atoms with van der Waals surface area (Å²) in [5.41, 5.74) is 2.09. The van der Waals surface area contributed by atoms with E-state index in [4.69, 9.17) is 23.2 Å². The van der Waals surface area contributed by atoms with E-state index in [0.29, 0.717) is 11.8 Å². The lowest BCUT2D eigenvalue weighted by atomic mass is 9.96. The molecule has 0 N–H and O–H groups in total. The third kappa shape index (κ3) is 3.20. The van der Waals surface area contributed by atoms with Crippen LogP contribution in [0.1, 0.15) is 25.6 Å². The van der Waals surface area contributed by atoms with Crippen LogP contribution >= 0.6 is 23.2 Å². The molecule has 1 fully saturated rings. The molecule has 0 aliphatic carbocycles. The number of fused-ring (bicyclic) bond motifs is 1. The summed E-state index contributed by atoms with van der Waals surface area (Å²) < 4.78 is 2.26. The van der Waals surface area contributed by atoms with Crippen molar-refractivity contribution in [1.82, 2.24) is 14.5 Å². The lowest BCUT2D eigenvalue weighted by Gasteiger charge is -2.31. The van der Waals surface area contributed by atoms with Gasteiger partial charge < -0.3 is 9.47 Å². The molecule has 2 heterocycles. The van der Waals surface area contributed by atoms with Crippen LogP contribution < -0.4 is 0 Å². The Labute approximate surface area is 135 Å². The van der Waals surface area contributed by atoms with E-state index in [1.807, 2.05) is 18.2 Å². The quantitative estimate of drug-likeness (QED) is 0.787. The van der Waals surface area contributed by atoms with Crippen LogP contribution in [0.5, 0.6) is 0 Å². The first-order chi connectivity index (χ1) is 10.2. The first kappa shape index (κ1) is 15.1. The summed E-state index contributed by atoms with van der Waals surface area (Å²) in [6.45, 7) is 6.78. The average molecular weight is 326 g/mol. The molecule has 114 valence electrons. The maximum atomic E-state index is 6.14. The number of nitrogens with zero attached hydrogens (tertiary/aromatic N) is 3. The van der Waals surface area contributed by atoms with Gasteiger partial charge in [0.15, 0.2) is 0 Å². The number of likely N-dealkylation sites (tertiary alicyclic amines) is 1. The van der Waals surface area contributed by atoms with E-state index in [1.165, 1.54) is 25.9 Å². The second kappa shape index (κ2) is 6.55. The normalized spacial score (nSPS) is 17.7. The molecule has 1 aromatic carbocycles. The van der Waals surface area contributed by atoms with Crippen molar-refractivity contribution in [2.75, 3.05) is 19.6 Å². The number of rotatable bonds is 4. The van der Waals surface area contributed by atoms with Crippen molar-refractivity contribution in [3.05, 3.63) is 29.0 Å². The number of piperidine rings is 1. The summed E-state index contributed by atoms with van der Waals surface area (Å²) in [5.74, 6) is 2.10. The second-order valence-corrected chi connectivity index (χ2v) is 6.49. The Morgan fingerprint density at radius 3 is 2.71 bits per heavy atom. The van der Waals surface area contributed by atoms with Crippen LogP contribution in [0.2, 0.25) is 5.02 Å². The molecule has 0 radical (unpaired) electrons. The van der Waals surface area contributed by atoms with Crippen LogP contribution in [-0.2, 0) is 12.4 Å². The standard InChI is InChI=1S/C16H21Cl2N3/c1-2-20-7-5-12(6-8-20)11-21-15-9-13(18)3-4-14(15)19-16(21)10-17/h3-4,9,12H,2,5-8,10-11H2,1H3. The Hall–Kier alpha value is -0.770. The van der Waals surface area contributed by atoms with Gasteiger partial charge in [0.25, 0.3) is 0 Å². The van der Waals surface area contributed by atoms with E-state index < -0.39 is 0 Å². The zero-order valence-corrected chi connectivity index (χ0v) is 13.9. The number of hydrogen-bond donors (Lipinski definition) is 0. The van der Waals surface area contributed by atoms with Gasteiger partial charge in [0, 0.05) is 11.6 Å². The van der Waals surface area contributed by atoms with Crippen LogP contribution in [0.4, 0.5) is 0 Å². The highest BCUT2D eigenvalue weighted by Crippen LogP contribution is 2.26. The van der Waals surface area contributed by atoms with E-state index in [1.54, 1.807) is 0 Å². The molecule has 0 bridgehead atoms. The van der Waals surface area contributed by atoms with Gasteiger partial charge in [-0.15, -0.1) is 11.6 Å². The van der Waals surface area contributed by atoms with E-state index in [-0.39, 0.29) is 0 Å². The third-order valence-corrected chi connectivity index (χ3v) is 4.98. The fourth-order valence-electron chi connectivity index (χ4n) is 3.19. The van der Waals surface area contributed by atoms with E-state index in [2.05, 4.69) is 21.4 Å². The Bertz CT molecular complexity index is 615. The molecular weight excluding hydrogens is 305 g/mol. The van der Waals surface area contributed by atoms with Gasteiger partial charge in [-0.1, -0.05) is 18.5 Å². The summed E-state index contributed by atoms with van der Waals surface area (Å²) in [6, 6.07) is 5.87. The maximum absolute atomic E-state index is 6.14. The number of alkyl halides is 1. The molecule has 5 heteroatoms. The van der Waals surface area contributed by atoms with Crippen molar-refractivity contribution in [3.63, 3.8) is 0 Å². The predicted octanol–water partition coefficient (Wildman–Crippen LogP) is 4.16.